The molecule has 0 aliphatic carbocycles. The molecular weight excluding hydrogens is 455 g/mol. The van der Waals surface area contributed by atoms with Crippen molar-refractivity contribution < 1.29 is 26.7 Å². The van der Waals surface area contributed by atoms with E-state index in [9.17, 15) is 26.7 Å². The molecule has 170 valence electrons. The quantitative estimate of drug-likeness (QED) is 0.450. The van der Waals surface area contributed by atoms with Crippen LogP contribution in [0.1, 0.15) is 11.3 Å². The number of nitrogens with zero attached hydrogens (tertiary/aromatic N) is 2. The van der Waals surface area contributed by atoms with Crippen molar-refractivity contribution in [3.05, 3.63) is 90.1 Å². The summed E-state index contributed by atoms with van der Waals surface area (Å²) >= 11 is 0. The third-order valence-corrected chi connectivity index (χ3v) is 6.06. The van der Waals surface area contributed by atoms with Crippen molar-refractivity contribution in [1.29, 1.82) is 0 Å². The Kier molecular flexibility index (Phi) is 5.83. The van der Waals surface area contributed by atoms with Gasteiger partial charge in [-0.15, -0.1) is 0 Å². The van der Waals surface area contributed by atoms with Gasteiger partial charge in [-0.25, -0.2) is 18.2 Å². The highest BCUT2D eigenvalue weighted by Crippen LogP contribution is 2.34. The minimum atomic E-state index is -4.69. The number of rotatable bonds is 5. The number of halogens is 3. The summed E-state index contributed by atoms with van der Waals surface area (Å²) in [6, 6.07) is 21.0. The predicted octanol–water partition coefficient (Wildman–Crippen LogP) is 4.36. The van der Waals surface area contributed by atoms with Crippen LogP contribution in [0, 0.1) is 0 Å². The number of aromatic nitrogens is 2. The van der Waals surface area contributed by atoms with E-state index in [0.29, 0.717) is 5.56 Å². The Morgan fingerprint density at radius 1 is 0.879 bits per heavy atom. The Morgan fingerprint density at radius 3 is 2.06 bits per heavy atom. The van der Waals surface area contributed by atoms with Crippen LogP contribution in [0.3, 0.4) is 0 Å². The van der Waals surface area contributed by atoms with Gasteiger partial charge in [0, 0.05) is 5.56 Å². The summed E-state index contributed by atoms with van der Waals surface area (Å²) in [5.74, 6) is 0. The normalized spacial score (nSPS) is 12.2. The van der Waals surface area contributed by atoms with E-state index < -0.39 is 28.5 Å². The van der Waals surface area contributed by atoms with Crippen LogP contribution < -0.4 is 5.14 Å². The van der Waals surface area contributed by atoms with Gasteiger partial charge in [0.05, 0.1) is 22.9 Å². The maximum atomic E-state index is 13.5. The van der Waals surface area contributed by atoms with Crippen LogP contribution in [-0.2, 0) is 22.8 Å². The molecule has 4 rings (SSSR count). The molecule has 0 amide bonds. The molecule has 10 heteroatoms. The molecule has 0 radical (unpaired) electrons. The van der Waals surface area contributed by atoms with Crippen molar-refractivity contribution in [2.45, 2.75) is 17.7 Å². The number of alkyl halides is 3. The first-order valence-electron chi connectivity index (χ1n) is 9.68. The molecule has 33 heavy (non-hydrogen) atoms. The monoisotopic (exact) mass is 473 g/mol. The fourth-order valence-corrected chi connectivity index (χ4v) is 4.23. The third-order valence-electron chi connectivity index (χ3n) is 5.05. The number of primary sulfonamides is 1. The summed E-state index contributed by atoms with van der Waals surface area (Å²) in [7, 11) is -4.13. The molecule has 0 unspecified atom stereocenters. The smallest absolute Gasteiger partial charge is 0.392 e. The van der Waals surface area contributed by atoms with Gasteiger partial charge >= 0.3 is 6.18 Å². The Hall–Kier alpha value is -3.47. The zero-order valence-corrected chi connectivity index (χ0v) is 17.8. The molecule has 3 N–H and O–H groups in total. The van der Waals surface area contributed by atoms with E-state index in [-0.39, 0.29) is 21.8 Å². The second-order valence-electron chi connectivity index (χ2n) is 7.26. The average Bonchev–Trinajstić information content (AvgIpc) is 3.25. The third kappa shape index (κ3) is 4.68. The van der Waals surface area contributed by atoms with E-state index in [1.807, 2.05) is 30.3 Å². The van der Waals surface area contributed by atoms with Gasteiger partial charge in [-0.1, -0.05) is 54.6 Å². The number of benzene rings is 3. The van der Waals surface area contributed by atoms with Crippen LogP contribution in [0.5, 0.6) is 0 Å². The van der Waals surface area contributed by atoms with Crippen LogP contribution in [0.25, 0.3) is 28.1 Å². The maximum absolute atomic E-state index is 13.5. The van der Waals surface area contributed by atoms with Crippen molar-refractivity contribution >= 4 is 10.0 Å². The van der Waals surface area contributed by atoms with Gasteiger partial charge in [-0.3, -0.25) is 0 Å². The lowest BCUT2D eigenvalue weighted by atomic mass is 10.0. The Bertz CT molecular complexity index is 1400. The molecule has 6 nitrogen and oxygen atoms in total. The molecule has 0 saturated heterocycles. The Balaban J connectivity index is 1.84. The molecule has 1 heterocycles. The average molecular weight is 473 g/mol. The SMILES string of the molecule is NS(=O)(=O)c1ccc(-n2nc(C(F)(F)F)cc2-c2ccc(-c3ccccc3)cc2)cc1CO. The van der Waals surface area contributed by atoms with E-state index in [4.69, 9.17) is 5.14 Å². The number of hydrogen-bond donors (Lipinski definition) is 2. The second-order valence-corrected chi connectivity index (χ2v) is 8.79. The van der Waals surface area contributed by atoms with E-state index in [1.165, 1.54) is 12.1 Å². The van der Waals surface area contributed by atoms with Crippen molar-refractivity contribution in [3.63, 3.8) is 0 Å². The molecule has 0 aliphatic rings. The van der Waals surface area contributed by atoms with Gasteiger partial charge < -0.3 is 5.11 Å². The van der Waals surface area contributed by atoms with Crippen LogP contribution in [-0.4, -0.2) is 23.3 Å². The fraction of sp³-hybridized carbons (Fsp3) is 0.0870. The second kappa shape index (κ2) is 8.47. The molecule has 0 spiro atoms. The first-order valence-corrected chi connectivity index (χ1v) is 11.2. The molecule has 1 aromatic heterocycles. The standard InChI is InChI=1S/C23H18F3N3O3S/c24-23(25,26)22-13-20(17-8-6-16(7-9-17)15-4-2-1-3-5-15)29(28-22)19-10-11-21(33(27,31)32)18(12-19)14-30/h1-13,30H,14H2,(H2,27,31,32). The predicted molar refractivity (Wildman–Crippen MR) is 117 cm³/mol. The largest absolute Gasteiger partial charge is 0.435 e. The summed E-state index contributed by atoms with van der Waals surface area (Å²) in [6.45, 7) is -0.673. The summed E-state index contributed by atoms with van der Waals surface area (Å²) in [5, 5.41) is 18.4. The number of sulfonamides is 1. The summed E-state index contributed by atoms with van der Waals surface area (Å²) in [4.78, 5) is -0.314. The molecule has 0 bridgehead atoms. The molecule has 0 aliphatic heterocycles. The summed E-state index contributed by atoms with van der Waals surface area (Å²) in [5.41, 5.74) is 1.45. The zero-order valence-electron chi connectivity index (χ0n) is 17.0. The maximum Gasteiger partial charge on any atom is 0.435 e. The lowest BCUT2D eigenvalue weighted by Gasteiger charge is -2.12. The van der Waals surface area contributed by atoms with Gasteiger partial charge in [-0.05, 0) is 41.0 Å². The van der Waals surface area contributed by atoms with Gasteiger partial charge in [0.1, 0.15) is 0 Å². The Morgan fingerprint density at radius 2 is 1.48 bits per heavy atom. The van der Waals surface area contributed by atoms with E-state index >= 15 is 0 Å². The van der Waals surface area contributed by atoms with Crippen LogP contribution >= 0.6 is 0 Å². The van der Waals surface area contributed by atoms with Crippen molar-refractivity contribution in [3.8, 4) is 28.1 Å². The van der Waals surface area contributed by atoms with Crippen LogP contribution in [0.2, 0.25) is 0 Å². The van der Waals surface area contributed by atoms with Crippen molar-refractivity contribution in [2.24, 2.45) is 5.14 Å². The number of hydrogen-bond acceptors (Lipinski definition) is 4. The number of aliphatic hydroxyl groups is 1. The van der Waals surface area contributed by atoms with Gasteiger partial charge in [0.15, 0.2) is 5.69 Å². The lowest BCUT2D eigenvalue weighted by Crippen LogP contribution is -2.15. The van der Waals surface area contributed by atoms with E-state index in [0.717, 1.165) is 27.9 Å². The van der Waals surface area contributed by atoms with Gasteiger partial charge in [-0.2, -0.15) is 18.3 Å². The van der Waals surface area contributed by atoms with Gasteiger partial charge in [0.25, 0.3) is 0 Å². The first-order chi connectivity index (χ1) is 15.6. The molecule has 0 atom stereocenters. The molecule has 3 aromatic carbocycles. The van der Waals surface area contributed by atoms with Crippen molar-refractivity contribution in [1.82, 2.24) is 9.78 Å². The minimum Gasteiger partial charge on any atom is -0.392 e. The highest BCUT2D eigenvalue weighted by Gasteiger charge is 2.35. The lowest BCUT2D eigenvalue weighted by molar-refractivity contribution is -0.141. The summed E-state index contributed by atoms with van der Waals surface area (Å²) < 4.78 is 64.9. The van der Waals surface area contributed by atoms with Crippen LogP contribution in [0.4, 0.5) is 13.2 Å². The van der Waals surface area contributed by atoms with Gasteiger partial charge in [0.2, 0.25) is 10.0 Å². The van der Waals surface area contributed by atoms with Crippen molar-refractivity contribution in [2.75, 3.05) is 0 Å². The minimum absolute atomic E-state index is 0.0514. The molecule has 0 saturated carbocycles. The highest BCUT2D eigenvalue weighted by molar-refractivity contribution is 7.89. The number of aliphatic hydroxyl groups excluding tert-OH is 1. The molecule has 4 aromatic rings. The summed E-state index contributed by atoms with van der Waals surface area (Å²) in [6.07, 6.45) is -4.69. The highest BCUT2D eigenvalue weighted by atomic mass is 32.2. The Labute approximate surface area is 187 Å². The van der Waals surface area contributed by atoms with Crippen LogP contribution in [0.15, 0.2) is 83.8 Å². The molecule has 0 fully saturated rings. The number of nitrogens with two attached hydrogens (primary N) is 1. The first kappa shape index (κ1) is 22.7. The molecular formula is C23H18F3N3O3S. The van der Waals surface area contributed by atoms with E-state index in [2.05, 4.69) is 5.10 Å². The fourth-order valence-electron chi connectivity index (χ4n) is 3.48. The zero-order chi connectivity index (χ0) is 23.8. The van der Waals surface area contributed by atoms with E-state index in [1.54, 1.807) is 24.3 Å². The topological polar surface area (TPSA) is 98.2 Å².